The molecule has 26 heavy (non-hydrogen) atoms. The van der Waals surface area contributed by atoms with Crippen LogP contribution < -0.4 is 10.6 Å². The second-order valence-electron chi connectivity index (χ2n) is 6.00. The summed E-state index contributed by atoms with van der Waals surface area (Å²) in [5.74, 6) is -1.08. The van der Waals surface area contributed by atoms with E-state index in [1.54, 1.807) is 24.3 Å². The number of rotatable bonds is 6. The smallest absolute Gasteiger partial charge is 0.328 e. The standard InChI is InChI=1S/C20H22N2O4/c1-13-4-6-15(7-5-13)12-18(20(25)26-3)22-19(24)16-8-10-17(11-9-16)21-14(2)23/h4-11,18H,12H2,1-3H3,(H,21,23)(H,22,24)/t18-/m1/s1. The molecule has 6 heteroatoms. The van der Waals surface area contributed by atoms with E-state index in [4.69, 9.17) is 4.74 Å². The van der Waals surface area contributed by atoms with Gasteiger partial charge in [-0.05, 0) is 36.8 Å². The maximum atomic E-state index is 12.4. The minimum atomic E-state index is -0.787. The van der Waals surface area contributed by atoms with Gasteiger partial charge in [-0.3, -0.25) is 9.59 Å². The van der Waals surface area contributed by atoms with Crippen molar-refractivity contribution >= 4 is 23.5 Å². The van der Waals surface area contributed by atoms with Crippen LogP contribution in [0.15, 0.2) is 48.5 Å². The summed E-state index contributed by atoms with van der Waals surface area (Å²) in [5, 5.41) is 5.34. The molecule has 0 saturated heterocycles. The van der Waals surface area contributed by atoms with Crippen LogP contribution in [0.3, 0.4) is 0 Å². The van der Waals surface area contributed by atoms with Crippen molar-refractivity contribution in [2.45, 2.75) is 26.3 Å². The molecular formula is C20H22N2O4. The average molecular weight is 354 g/mol. The quantitative estimate of drug-likeness (QED) is 0.781. The van der Waals surface area contributed by atoms with Gasteiger partial charge in [-0.15, -0.1) is 0 Å². The van der Waals surface area contributed by atoms with Crippen molar-refractivity contribution in [3.05, 3.63) is 65.2 Å². The molecular weight excluding hydrogens is 332 g/mol. The van der Waals surface area contributed by atoms with Gasteiger partial charge in [0.25, 0.3) is 5.91 Å². The lowest BCUT2D eigenvalue weighted by Crippen LogP contribution is -2.43. The van der Waals surface area contributed by atoms with Crippen LogP contribution in [0.4, 0.5) is 5.69 Å². The van der Waals surface area contributed by atoms with Gasteiger partial charge in [0.15, 0.2) is 0 Å². The maximum Gasteiger partial charge on any atom is 0.328 e. The summed E-state index contributed by atoms with van der Waals surface area (Å²) in [5.41, 5.74) is 3.02. The summed E-state index contributed by atoms with van der Waals surface area (Å²) >= 11 is 0. The van der Waals surface area contributed by atoms with E-state index >= 15 is 0 Å². The van der Waals surface area contributed by atoms with Crippen molar-refractivity contribution in [1.29, 1.82) is 0 Å². The zero-order chi connectivity index (χ0) is 19.1. The van der Waals surface area contributed by atoms with Crippen molar-refractivity contribution in [3.63, 3.8) is 0 Å². The molecule has 0 bridgehead atoms. The molecule has 2 aromatic carbocycles. The zero-order valence-corrected chi connectivity index (χ0v) is 15.0. The third kappa shape index (κ3) is 5.44. The van der Waals surface area contributed by atoms with Gasteiger partial charge < -0.3 is 15.4 Å². The van der Waals surface area contributed by atoms with E-state index in [2.05, 4.69) is 10.6 Å². The number of methoxy groups -OCH3 is 1. The van der Waals surface area contributed by atoms with E-state index in [9.17, 15) is 14.4 Å². The van der Waals surface area contributed by atoms with Gasteiger partial charge in [0, 0.05) is 24.6 Å². The Morgan fingerprint density at radius 2 is 1.62 bits per heavy atom. The first kappa shape index (κ1) is 19.2. The Morgan fingerprint density at radius 3 is 2.15 bits per heavy atom. The largest absolute Gasteiger partial charge is 0.467 e. The SMILES string of the molecule is COC(=O)[C@@H](Cc1ccc(C)cc1)NC(=O)c1ccc(NC(C)=O)cc1. The fraction of sp³-hybridized carbons (Fsp3) is 0.250. The number of anilines is 1. The summed E-state index contributed by atoms with van der Waals surface area (Å²) in [6.45, 7) is 3.39. The van der Waals surface area contributed by atoms with E-state index in [0.29, 0.717) is 17.7 Å². The van der Waals surface area contributed by atoms with E-state index < -0.39 is 12.0 Å². The molecule has 136 valence electrons. The lowest BCUT2D eigenvalue weighted by Gasteiger charge is -2.17. The van der Waals surface area contributed by atoms with E-state index in [1.165, 1.54) is 14.0 Å². The minimum Gasteiger partial charge on any atom is -0.467 e. The number of amides is 2. The molecule has 0 aliphatic carbocycles. The molecule has 2 amide bonds. The number of hydrogen-bond acceptors (Lipinski definition) is 4. The molecule has 0 fully saturated rings. The van der Waals surface area contributed by atoms with E-state index in [1.807, 2.05) is 31.2 Å². The molecule has 2 rings (SSSR count). The van der Waals surface area contributed by atoms with Gasteiger partial charge in [0.2, 0.25) is 5.91 Å². The Kier molecular flexibility index (Phi) is 6.49. The fourth-order valence-corrected chi connectivity index (χ4v) is 2.45. The number of carbonyl (C=O) groups is 3. The van der Waals surface area contributed by atoms with Gasteiger partial charge in [-0.2, -0.15) is 0 Å². The molecule has 0 unspecified atom stereocenters. The first-order valence-corrected chi connectivity index (χ1v) is 8.21. The van der Waals surface area contributed by atoms with Crippen LogP contribution in [0.2, 0.25) is 0 Å². The number of benzene rings is 2. The Morgan fingerprint density at radius 1 is 1.00 bits per heavy atom. The monoisotopic (exact) mass is 354 g/mol. The summed E-state index contributed by atoms with van der Waals surface area (Å²) in [6.07, 6.45) is 0.336. The van der Waals surface area contributed by atoms with Crippen molar-refractivity contribution < 1.29 is 19.1 Å². The molecule has 1 atom stereocenters. The number of carbonyl (C=O) groups excluding carboxylic acids is 3. The molecule has 0 spiro atoms. The normalized spacial score (nSPS) is 11.3. The molecule has 2 N–H and O–H groups in total. The number of aryl methyl sites for hydroxylation is 1. The second-order valence-corrected chi connectivity index (χ2v) is 6.00. The van der Waals surface area contributed by atoms with Crippen LogP contribution >= 0.6 is 0 Å². The van der Waals surface area contributed by atoms with Crippen molar-refractivity contribution in [1.82, 2.24) is 5.32 Å². The Bertz CT molecular complexity index is 782. The number of nitrogens with one attached hydrogen (secondary N) is 2. The van der Waals surface area contributed by atoms with Crippen molar-refractivity contribution in [3.8, 4) is 0 Å². The summed E-state index contributed by atoms with van der Waals surface area (Å²) < 4.78 is 4.81. The Labute approximate surface area is 152 Å². The summed E-state index contributed by atoms with van der Waals surface area (Å²) in [4.78, 5) is 35.5. The highest BCUT2D eigenvalue weighted by Crippen LogP contribution is 2.11. The van der Waals surface area contributed by atoms with Gasteiger partial charge in [0.1, 0.15) is 6.04 Å². The first-order chi connectivity index (χ1) is 12.4. The first-order valence-electron chi connectivity index (χ1n) is 8.21. The summed E-state index contributed by atoms with van der Waals surface area (Å²) in [7, 11) is 1.29. The van der Waals surface area contributed by atoms with Gasteiger partial charge in [0.05, 0.1) is 7.11 Å². The van der Waals surface area contributed by atoms with Crippen molar-refractivity contribution in [2.24, 2.45) is 0 Å². The van der Waals surface area contributed by atoms with Crippen LogP contribution in [0.1, 0.15) is 28.4 Å². The predicted molar refractivity (Wildman–Crippen MR) is 98.9 cm³/mol. The highest BCUT2D eigenvalue weighted by atomic mass is 16.5. The second kappa shape index (κ2) is 8.80. The number of esters is 1. The van der Waals surface area contributed by atoms with E-state index in [-0.39, 0.29) is 11.8 Å². The molecule has 0 aliphatic heterocycles. The minimum absolute atomic E-state index is 0.189. The van der Waals surface area contributed by atoms with Crippen LogP contribution in [0.25, 0.3) is 0 Å². The van der Waals surface area contributed by atoms with E-state index in [0.717, 1.165) is 11.1 Å². The highest BCUT2D eigenvalue weighted by Gasteiger charge is 2.22. The summed E-state index contributed by atoms with van der Waals surface area (Å²) in [6, 6.07) is 13.4. The molecule has 0 saturated carbocycles. The lowest BCUT2D eigenvalue weighted by atomic mass is 10.0. The molecule has 0 heterocycles. The zero-order valence-electron chi connectivity index (χ0n) is 15.0. The van der Waals surface area contributed by atoms with Gasteiger partial charge in [-0.25, -0.2) is 4.79 Å². The predicted octanol–water partition coefficient (Wildman–Crippen LogP) is 2.47. The highest BCUT2D eigenvalue weighted by molar-refractivity contribution is 5.97. The molecule has 0 radical (unpaired) electrons. The van der Waals surface area contributed by atoms with Crippen LogP contribution in [-0.2, 0) is 20.7 Å². The lowest BCUT2D eigenvalue weighted by molar-refractivity contribution is -0.142. The van der Waals surface area contributed by atoms with Gasteiger partial charge in [-0.1, -0.05) is 29.8 Å². The molecule has 0 aromatic heterocycles. The molecule has 6 nitrogen and oxygen atoms in total. The van der Waals surface area contributed by atoms with Crippen LogP contribution in [0, 0.1) is 6.92 Å². The average Bonchev–Trinajstić information content (AvgIpc) is 2.62. The maximum absolute atomic E-state index is 12.4. The van der Waals surface area contributed by atoms with Crippen LogP contribution in [-0.4, -0.2) is 30.9 Å². The number of ether oxygens (including phenoxy) is 1. The van der Waals surface area contributed by atoms with Crippen molar-refractivity contribution in [2.75, 3.05) is 12.4 Å². The van der Waals surface area contributed by atoms with Gasteiger partial charge >= 0.3 is 5.97 Å². The van der Waals surface area contributed by atoms with Crippen LogP contribution in [0.5, 0.6) is 0 Å². The third-order valence-electron chi connectivity index (χ3n) is 3.82. The fourth-order valence-electron chi connectivity index (χ4n) is 2.45. The molecule has 0 aliphatic rings. The Balaban J connectivity index is 2.09. The Hall–Kier alpha value is -3.15. The number of hydrogen-bond donors (Lipinski definition) is 2. The molecule has 2 aromatic rings. The third-order valence-corrected chi connectivity index (χ3v) is 3.82. The topological polar surface area (TPSA) is 84.5 Å².